The molecule has 4 rings (SSSR count). The predicted octanol–water partition coefficient (Wildman–Crippen LogP) is 5.10. The Bertz CT molecular complexity index is 1160. The number of phenolic OH excluding ortho intramolecular Hbond substituents is 1. The van der Waals surface area contributed by atoms with Crippen LogP contribution in [0.5, 0.6) is 11.5 Å². The molecule has 0 spiro atoms. The molecular weight excluding hydrogens is 430 g/mol. The lowest BCUT2D eigenvalue weighted by molar-refractivity contribution is -0.144. The van der Waals surface area contributed by atoms with Gasteiger partial charge in [-0.25, -0.2) is 4.79 Å². The lowest BCUT2D eigenvalue weighted by Gasteiger charge is -2.37. The summed E-state index contributed by atoms with van der Waals surface area (Å²) in [6, 6.07) is 15.0. The van der Waals surface area contributed by atoms with Gasteiger partial charge in [-0.3, -0.25) is 4.79 Å². The monoisotopic (exact) mass is 461 g/mol. The number of ether oxygens (including phenoxy) is 2. The number of allylic oxidation sites excluding steroid dienone is 3. The second kappa shape index (κ2) is 9.75. The summed E-state index contributed by atoms with van der Waals surface area (Å²) in [4.78, 5) is 26.9. The van der Waals surface area contributed by atoms with Crippen LogP contribution < -0.4 is 10.1 Å². The van der Waals surface area contributed by atoms with Gasteiger partial charge in [0, 0.05) is 29.3 Å². The van der Waals surface area contributed by atoms with Crippen LogP contribution in [-0.4, -0.2) is 30.1 Å². The van der Waals surface area contributed by atoms with Crippen LogP contribution in [0.2, 0.25) is 0 Å². The van der Waals surface area contributed by atoms with E-state index < -0.39 is 11.9 Å². The lowest BCUT2D eigenvalue weighted by atomic mass is 9.71. The van der Waals surface area contributed by atoms with Gasteiger partial charge in [-0.1, -0.05) is 43.3 Å². The fourth-order valence-corrected chi connectivity index (χ4v) is 4.81. The number of Topliss-reactive ketones (excluding diaryl/α,β-unsaturated/α-hetero) is 1. The van der Waals surface area contributed by atoms with Gasteiger partial charge < -0.3 is 19.9 Å². The van der Waals surface area contributed by atoms with Gasteiger partial charge in [0.05, 0.1) is 18.8 Å². The number of dihydropyridines is 1. The van der Waals surface area contributed by atoms with E-state index in [9.17, 15) is 14.7 Å². The molecule has 0 bridgehead atoms. The van der Waals surface area contributed by atoms with Gasteiger partial charge in [-0.15, -0.1) is 0 Å². The van der Waals surface area contributed by atoms with Crippen molar-refractivity contribution in [3.05, 3.63) is 82.2 Å². The summed E-state index contributed by atoms with van der Waals surface area (Å²) < 4.78 is 11.0. The van der Waals surface area contributed by atoms with Crippen LogP contribution in [0.1, 0.15) is 63.0 Å². The summed E-state index contributed by atoms with van der Waals surface area (Å²) in [5, 5.41) is 13.5. The fourth-order valence-electron chi connectivity index (χ4n) is 4.81. The molecule has 0 aromatic heterocycles. The van der Waals surface area contributed by atoms with Crippen LogP contribution in [0.4, 0.5) is 0 Å². The van der Waals surface area contributed by atoms with Crippen LogP contribution in [0.15, 0.2) is 71.1 Å². The van der Waals surface area contributed by atoms with E-state index in [-0.39, 0.29) is 29.3 Å². The van der Waals surface area contributed by atoms with Crippen LogP contribution in [0, 0.1) is 0 Å². The van der Waals surface area contributed by atoms with Crippen molar-refractivity contribution in [3.63, 3.8) is 0 Å². The molecule has 0 unspecified atom stereocenters. The summed E-state index contributed by atoms with van der Waals surface area (Å²) in [6.45, 7) is 5.65. The molecule has 2 aromatic rings. The number of nitrogens with one attached hydrogen (secondary N) is 1. The van der Waals surface area contributed by atoms with Crippen molar-refractivity contribution in [1.82, 2.24) is 5.32 Å². The quantitative estimate of drug-likeness (QED) is 0.582. The summed E-state index contributed by atoms with van der Waals surface area (Å²) >= 11 is 0. The number of hydrogen-bond acceptors (Lipinski definition) is 6. The number of phenols is 1. The van der Waals surface area contributed by atoms with E-state index in [4.69, 9.17) is 9.47 Å². The van der Waals surface area contributed by atoms with E-state index in [0.29, 0.717) is 41.7 Å². The van der Waals surface area contributed by atoms with E-state index in [1.54, 1.807) is 12.1 Å². The van der Waals surface area contributed by atoms with Gasteiger partial charge in [0.2, 0.25) is 0 Å². The smallest absolute Gasteiger partial charge is 0.337 e. The third-order valence-corrected chi connectivity index (χ3v) is 6.74. The van der Waals surface area contributed by atoms with E-state index in [1.807, 2.05) is 51.1 Å². The van der Waals surface area contributed by atoms with Gasteiger partial charge in [0.25, 0.3) is 0 Å². The first-order chi connectivity index (χ1) is 16.3. The van der Waals surface area contributed by atoms with Crippen molar-refractivity contribution in [2.45, 2.75) is 58.0 Å². The SMILES string of the molecule is CC[C@H](C)OC(=O)C1=C(C)NC2=C(C(=O)C[C@@H](c3ccccc3)C2)[C@@H]1c1ccc(O)c(OC)c1. The maximum absolute atomic E-state index is 13.6. The highest BCUT2D eigenvalue weighted by atomic mass is 16.5. The average molecular weight is 462 g/mol. The highest BCUT2D eigenvalue weighted by molar-refractivity contribution is 6.04. The molecule has 1 heterocycles. The second-order valence-electron chi connectivity index (χ2n) is 8.98. The Balaban J connectivity index is 1.82. The van der Waals surface area contributed by atoms with Crippen molar-refractivity contribution in [1.29, 1.82) is 0 Å². The van der Waals surface area contributed by atoms with Crippen molar-refractivity contribution in [2.75, 3.05) is 7.11 Å². The van der Waals surface area contributed by atoms with Crippen LogP contribution in [0.3, 0.4) is 0 Å². The van der Waals surface area contributed by atoms with E-state index in [0.717, 1.165) is 11.3 Å². The summed E-state index contributed by atoms with van der Waals surface area (Å²) in [5.41, 5.74) is 4.33. The first kappa shape index (κ1) is 23.6. The Morgan fingerprint density at radius 3 is 2.56 bits per heavy atom. The molecule has 0 fully saturated rings. The zero-order chi connectivity index (χ0) is 24.4. The lowest BCUT2D eigenvalue weighted by Crippen LogP contribution is -2.36. The number of carbonyl (C=O) groups is 2. The molecule has 2 aliphatic rings. The van der Waals surface area contributed by atoms with E-state index in [1.165, 1.54) is 13.2 Å². The highest BCUT2D eigenvalue weighted by Gasteiger charge is 2.41. The maximum Gasteiger partial charge on any atom is 0.337 e. The Labute approximate surface area is 200 Å². The maximum atomic E-state index is 13.6. The van der Waals surface area contributed by atoms with Crippen molar-refractivity contribution >= 4 is 11.8 Å². The zero-order valence-corrected chi connectivity index (χ0v) is 20.1. The number of rotatable bonds is 6. The molecule has 178 valence electrons. The minimum absolute atomic E-state index is 0.000912. The molecule has 1 aliphatic heterocycles. The molecular formula is C28H31NO5. The van der Waals surface area contributed by atoms with Crippen molar-refractivity contribution in [2.24, 2.45) is 0 Å². The van der Waals surface area contributed by atoms with Crippen LogP contribution >= 0.6 is 0 Å². The van der Waals surface area contributed by atoms with Crippen molar-refractivity contribution in [3.8, 4) is 11.5 Å². The molecule has 0 radical (unpaired) electrons. The Hall–Kier alpha value is -3.54. The molecule has 0 saturated carbocycles. The first-order valence-corrected chi connectivity index (χ1v) is 11.7. The molecule has 2 aromatic carbocycles. The van der Waals surface area contributed by atoms with E-state index in [2.05, 4.69) is 5.32 Å². The van der Waals surface area contributed by atoms with Gasteiger partial charge in [-0.05, 0) is 55.9 Å². The van der Waals surface area contributed by atoms with Gasteiger partial charge in [0.1, 0.15) is 0 Å². The van der Waals surface area contributed by atoms with Crippen LogP contribution in [0.25, 0.3) is 0 Å². The van der Waals surface area contributed by atoms with Gasteiger partial charge in [-0.2, -0.15) is 0 Å². The molecule has 6 heteroatoms. The number of aromatic hydroxyl groups is 1. The average Bonchev–Trinajstić information content (AvgIpc) is 2.83. The van der Waals surface area contributed by atoms with Gasteiger partial charge >= 0.3 is 5.97 Å². The Kier molecular flexibility index (Phi) is 6.77. The number of esters is 1. The molecule has 0 saturated heterocycles. The van der Waals surface area contributed by atoms with Crippen LogP contribution in [-0.2, 0) is 14.3 Å². The number of benzene rings is 2. The summed E-state index contributed by atoms with van der Waals surface area (Å²) in [5.74, 6) is -0.696. The minimum Gasteiger partial charge on any atom is -0.504 e. The molecule has 34 heavy (non-hydrogen) atoms. The molecule has 6 nitrogen and oxygen atoms in total. The minimum atomic E-state index is -0.605. The van der Waals surface area contributed by atoms with Crippen molar-refractivity contribution < 1.29 is 24.2 Å². The summed E-state index contributed by atoms with van der Waals surface area (Å²) in [6.07, 6.45) is 1.47. The molecule has 1 aliphatic carbocycles. The largest absolute Gasteiger partial charge is 0.504 e. The standard InChI is InChI=1S/C28H31NO5/c1-5-16(2)34-28(32)25-17(3)29-21-13-20(18-9-7-6-8-10-18)14-23(31)27(21)26(25)19-11-12-22(30)24(15-19)33-4/h6-12,15-16,20,26,29-30H,5,13-14H2,1-4H3/t16-,20-,26+/m0/s1. The Morgan fingerprint density at radius 1 is 1.15 bits per heavy atom. The molecule has 0 amide bonds. The first-order valence-electron chi connectivity index (χ1n) is 11.7. The molecule has 2 N–H and O–H groups in total. The predicted molar refractivity (Wildman–Crippen MR) is 130 cm³/mol. The molecule has 3 atom stereocenters. The normalized spacial score (nSPS) is 21.0. The number of carbonyl (C=O) groups excluding carboxylic acids is 2. The Morgan fingerprint density at radius 2 is 1.88 bits per heavy atom. The number of hydrogen-bond donors (Lipinski definition) is 2. The second-order valence-corrected chi connectivity index (χ2v) is 8.98. The summed E-state index contributed by atoms with van der Waals surface area (Å²) in [7, 11) is 1.47. The number of methoxy groups -OCH3 is 1. The third kappa shape index (κ3) is 4.45. The van der Waals surface area contributed by atoms with E-state index >= 15 is 0 Å². The third-order valence-electron chi connectivity index (χ3n) is 6.74. The topological polar surface area (TPSA) is 84.9 Å². The number of ketones is 1. The highest BCUT2D eigenvalue weighted by Crippen LogP contribution is 2.47. The fraction of sp³-hybridized carbons (Fsp3) is 0.357. The zero-order valence-electron chi connectivity index (χ0n) is 20.1. The van der Waals surface area contributed by atoms with Gasteiger partial charge in [0.15, 0.2) is 17.3 Å².